The highest BCUT2D eigenvalue weighted by Gasteiger charge is 2.10. The van der Waals surface area contributed by atoms with Crippen LogP contribution in [0.1, 0.15) is 11.3 Å². The Hall–Kier alpha value is -1.88. The molecule has 0 aliphatic rings. The van der Waals surface area contributed by atoms with Crippen molar-refractivity contribution >= 4 is 17.4 Å². The summed E-state index contributed by atoms with van der Waals surface area (Å²) in [5, 5.41) is 10.7. The van der Waals surface area contributed by atoms with Crippen molar-refractivity contribution in [1.29, 1.82) is 0 Å². The molecule has 92 valence electrons. The number of nitrogens with zero attached hydrogens (tertiary/aromatic N) is 2. The molecule has 1 aromatic heterocycles. The summed E-state index contributed by atoms with van der Waals surface area (Å²) in [7, 11) is 0. The smallest absolute Gasteiger partial charge is 0.258 e. The largest absolute Gasteiger partial charge is 0.288 e. The number of aromatic nitrogens is 1. The van der Waals surface area contributed by atoms with Gasteiger partial charge in [0.15, 0.2) is 0 Å². The lowest BCUT2D eigenvalue weighted by atomic mass is 10.2. The van der Waals surface area contributed by atoms with Gasteiger partial charge in [-0.3, -0.25) is 15.1 Å². The Morgan fingerprint density at radius 2 is 2.06 bits per heavy atom. The van der Waals surface area contributed by atoms with Crippen molar-refractivity contribution < 1.29 is 4.92 Å². The first-order valence-electron chi connectivity index (χ1n) is 5.44. The molecule has 18 heavy (non-hydrogen) atoms. The van der Waals surface area contributed by atoms with Crippen LogP contribution in [0.4, 0.5) is 5.69 Å². The van der Waals surface area contributed by atoms with Crippen LogP contribution in [0.3, 0.4) is 0 Å². The molecule has 0 amide bonds. The second-order valence-corrected chi connectivity index (χ2v) is 4.83. The molecule has 0 bridgehead atoms. The van der Waals surface area contributed by atoms with Gasteiger partial charge in [0.1, 0.15) is 6.20 Å². The van der Waals surface area contributed by atoms with Crippen LogP contribution in [-0.2, 0) is 5.75 Å². The molecule has 2 rings (SSSR count). The second-order valence-electron chi connectivity index (χ2n) is 3.81. The van der Waals surface area contributed by atoms with Crippen molar-refractivity contribution in [1.82, 2.24) is 4.98 Å². The van der Waals surface area contributed by atoms with Gasteiger partial charge in [-0.15, -0.1) is 11.8 Å². The maximum Gasteiger partial charge on any atom is 0.288 e. The molecule has 0 radical (unpaired) electrons. The molecule has 0 aliphatic carbocycles. The minimum absolute atomic E-state index is 0.0381. The van der Waals surface area contributed by atoms with Gasteiger partial charge in [-0.25, -0.2) is 0 Å². The summed E-state index contributed by atoms with van der Waals surface area (Å²) in [5.41, 5.74) is 2.05. The molecule has 1 aromatic carbocycles. The van der Waals surface area contributed by atoms with E-state index in [2.05, 4.69) is 4.98 Å². The van der Waals surface area contributed by atoms with E-state index in [0.717, 1.165) is 16.3 Å². The van der Waals surface area contributed by atoms with Crippen LogP contribution in [0.2, 0.25) is 0 Å². The quantitative estimate of drug-likeness (QED) is 0.479. The molecule has 1 heterocycles. The SMILES string of the molecule is Cc1ncc([N+](=O)[O-])cc1SCc1ccccc1. The average molecular weight is 260 g/mol. The highest BCUT2D eigenvalue weighted by molar-refractivity contribution is 7.98. The van der Waals surface area contributed by atoms with Crippen LogP contribution >= 0.6 is 11.8 Å². The molecular weight excluding hydrogens is 248 g/mol. The van der Waals surface area contributed by atoms with Gasteiger partial charge >= 0.3 is 0 Å². The zero-order valence-corrected chi connectivity index (χ0v) is 10.7. The number of pyridine rings is 1. The van der Waals surface area contributed by atoms with Gasteiger partial charge in [-0.05, 0) is 12.5 Å². The highest BCUT2D eigenvalue weighted by Crippen LogP contribution is 2.27. The summed E-state index contributed by atoms with van der Waals surface area (Å²) in [6, 6.07) is 11.6. The Balaban J connectivity index is 2.14. The molecule has 0 fully saturated rings. The number of thioether (sulfide) groups is 1. The molecule has 2 aromatic rings. The average Bonchev–Trinajstić information content (AvgIpc) is 2.38. The molecule has 0 saturated carbocycles. The van der Waals surface area contributed by atoms with Gasteiger partial charge in [-0.1, -0.05) is 30.3 Å². The lowest BCUT2D eigenvalue weighted by Crippen LogP contribution is -1.93. The summed E-state index contributed by atoms with van der Waals surface area (Å²) in [6.07, 6.45) is 1.29. The van der Waals surface area contributed by atoms with E-state index < -0.39 is 4.92 Å². The van der Waals surface area contributed by atoms with Crippen molar-refractivity contribution in [2.24, 2.45) is 0 Å². The van der Waals surface area contributed by atoms with Gasteiger partial charge in [0.2, 0.25) is 0 Å². The summed E-state index contributed by atoms with van der Waals surface area (Å²) in [6.45, 7) is 1.86. The van der Waals surface area contributed by atoms with E-state index in [-0.39, 0.29) is 5.69 Å². The van der Waals surface area contributed by atoms with Crippen LogP contribution < -0.4 is 0 Å². The number of hydrogen-bond donors (Lipinski definition) is 0. The zero-order chi connectivity index (χ0) is 13.0. The number of nitro groups is 1. The van der Waals surface area contributed by atoms with E-state index in [0.29, 0.717) is 0 Å². The number of aryl methyl sites for hydroxylation is 1. The van der Waals surface area contributed by atoms with E-state index in [1.807, 2.05) is 37.3 Å². The lowest BCUT2D eigenvalue weighted by molar-refractivity contribution is -0.385. The molecule has 0 unspecified atom stereocenters. The predicted octanol–water partition coefficient (Wildman–Crippen LogP) is 3.59. The van der Waals surface area contributed by atoms with E-state index in [9.17, 15) is 10.1 Å². The standard InChI is InChI=1S/C13H12N2O2S/c1-10-13(7-12(8-14-10)15(16)17)18-9-11-5-3-2-4-6-11/h2-8H,9H2,1H3. The van der Waals surface area contributed by atoms with Crippen molar-refractivity contribution in [3.8, 4) is 0 Å². The van der Waals surface area contributed by atoms with E-state index >= 15 is 0 Å². The Kier molecular flexibility index (Phi) is 3.94. The summed E-state index contributed by atoms with van der Waals surface area (Å²) in [5.74, 6) is 0.782. The summed E-state index contributed by atoms with van der Waals surface area (Å²) >= 11 is 1.56. The predicted molar refractivity (Wildman–Crippen MR) is 71.6 cm³/mol. The molecule has 0 saturated heterocycles. The Morgan fingerprint density at radius 1 is 1.33 bits per heavy atom. The fourth-order valence-corrected chi connectivity index (χ4v) is 2.46. The fourth-order valence-electron chi connectivity index (χ4n) is 1.48. The molecule has 0 spiro atoms. The second kappa shape index (κ2) is 5.64. The van der Waals surface area contributed by atoms with Gasteiger partial charge < -0.3 is 0 Å². The molecular formula is C13H12N2O2S. The molecule has 4 nitrogen and oxygen atoms in total. The maximum absolute atomic E-state index is 10.7. The van der Waals surface area contributed by atoms with Crippen molar-refractivity contribution in [2.45, 2.75) is 17.6 Å². The van der Waals surface area contributed by atoms with Crippen LogP contribution in [0, 0.1) is 17.0 Å². The molecule has 0 aliphatic heterocycles. The monoisotopic (exact) mass is 260 g/mol. The topological polar surface area (TPSA) is 56.0 Å². The third-order valence-corrected chi connectivity index (χ3v) is 3.68. The number of benzene rings is 1. The minimum atomic E-state index is -0.418. The Bertz CT molecular complexity index is 558. The van der Waals surface area contributed by atoms with Gasteiger partial charge in [-0.2, -0.15) is 0 Å². The highest BCUT2D eigenvalue weighted by atomic mass is 32.2. The third kappa shape index (κ3) is 3.07. The lowest BCUT2D eigenvalue weighted by Gasteiger charge is -2.04. The Morgan fingerprint density at radius 3 is 2.72 bits per heavy atom. The third-order valence-electron chi connectivity index (χ3n) is 2.47. The summed E-state index contributed by atoms with van der Waals surface area (Å²) < 4.78 is 0. The van der Waals surface area contributed by atoms with Crippen LogP contribution in [0.5, 0.6) is 0 Å². The first-order chi connectivity index (χ1) is 8.66. The minimum Gasteiger partial charge on any atom is -0.258 e. The molecule has 0 atom stereocenters. The van der Waals surface area contributed by atoms with Gasteiger partial charge in [0.05, 0.1) is 10.6 Å². The van der Waals surface area contributed by atoms with Crippen LogP contribution in [0.15, 0.2) is 47.5 Å². The van der Waals surface area contributed by atoms with Crippen molar-refractivity contribution in [2.75, 3.05) is 0 Å². The maximum atomic E-state index is 10.7. The number of hydrogen-bond acceptors (Lipinski definition) is 4. The first kappa shape index (κ1) is 12.6. The number of rotatable bonds is 4. The van der Waals surface area contributed by atoms with Gasteiger partial charge in [0, 0.05) is 16.7 Å². The van der Waals surface area contributed by atoms with Crippen molar-refractivity contribution in [3.05, 3.63) is 64.0 Å². The van der Waals surface area contributed by atoms with Gasteiger partial charge in [0.25, 0.3) is 5.69 Å². The van der Waals surface area contributed by atoms with Crippen molar-refractivity contribution in [3.63, 3.8) is 0 Å². The van der Waals surface area contributed by atoms with E-state index in [1.54, 1.807) is 17.8 Å². The normalized spacial score (nSPS) is 10.3. The van der Waals surface area contributed by atoms with E-state index in [4.69, 9.17) is 0 Å². The molecule has 0 N–H and O–H groups in total. The van der Waals surface area contributed by atoms with Crippen LogP contribution in [0.25, 0.3) is 0 Å². The van der Waals surface area contributed by atoms with E-state index in [1.165, 1.54) is 11.8 Å². The molecule has 5 heteroatoms. The fraction of sp³-hybridized carbons (Fsp3) is 0.154. The van der Waals surface area contributed by atoms with Crippen LogP contribution in [-0.4, -0.2) is 9.91 Å². The first-order valence-corrected chi connectivity index (χ1v) is 6.43. The summed E-state index contributed by atoms with van der Waals surface area (Å²) in [4.78, 5) is 15.2. The zero-order valence-electron chi connectivity index (χ0n) is 9.87. The Labute approximate surface area is 109 Å².